The van der Waals surface area contributed by atoms with Gasteiger partial charge in [-0.25, -0.2) is 4.98 Å². The van der Waals surface area contributed by atoms with Crippen LogP contribution in [0.4, 0.5) is 5.82 Å². The number of rotatable bonds is 7. The topological polar surface area (TPSA) is 77.6 Å². The first-order chi connectivity index (χ1) is 14.7. The van der Waals surface area contributed by atoms with Gasteiger partial charge in [0.1, 0.15) is 5.82 Å². The van der Waals surface area contributed by atoms with Crippen molar-refractivity contribution in [3.8, 4) is 0 Å². The zero-order valence-corrected chi connectivity index (χ0v) is 17.2. The van der Waals surface area contributed by atoms with Crippen molar-refractivity contribution in [3.05, 3.63) is 59.8 Å². The molecule has 3 heterocycles. The molecule has 0 aliphatic carbocycles. The number of hydrogen-bond acceptors (Lipinski definition) is 5. The number of carbonyl (C=O) groups excluding carboxylic acids is 2. The summed E-state index contributed by atoms with van der Waals surface area (Å²) in [6.45, 7) is 4.64. The van der Waals surface area contributed by atoms with E-state index in [1.807, 2.05) is 17.0 Å². The largest absolute Gasteiger partial charge is 0.353 e. The molecular formula is C23H29N5O2. The molecule has 7 heteroatoms. The van der Waals surface area contributed by atoms with Crippen LogP contribution >= 0.6 is 0 Å². The number of carbonyl (C=O) groups is 2. The third-order valence-corrected chi connectivity index (χ3v) is 5.77. The van der Waals surface area contributed by atoms with Crippen molar-refractivity contribution in [3.63, 3.8) is 0 Å². The van der Waals surface area contributed by atoms with Crippen LogP contribution in [-0.4, -0.2) is 61.0 Å². The van der Waals surface area contributed by atoms with E-state index < -0.39 is 0 Å². The smallest absolute Gasteiger partial charge is 0.251 e. The Hall–Kier alpha value is -2.93. The highest BCUT2D eigenvalue weighted by Crippen LogP contribution is 2.21. The summed E-state index contributed by atoms with van der Waals surface area (Å²) >= 11 is 0. The van der Waals surface area contributed by atoms with E-state index in [1.54, 1.807) is 12.3 Å². The van der Waals surface area contributed by atoms with E-state index in [-0.39, 0.29) is 17.9 Å². The van der Waals surface area contributed by atoms with Crippen molar-refractivity contribution < 1.29 is 9.59 Å². The predicted octanol–water partition coefficient (Wildman–Crippen LogP) is 1.97. The van der Waals surface area contributed by atoms with Gasteiger partial charge >= 0.3 is 0 Å². The molecular weight excluding hydrogens is 378 g/mol. The minimum atomic E-state index is -0.0962. The first-order valence-electron chi connectivity index (χ1n) is 10.8. The number of aromatic nitrogens is 1. The maximum atomic E-state index is 12.6. The quantitative estimate of drug-likeness (QED) is 0.687. The minimum absolute atomic E-state index is 0.0962. The normalized spacial score (nSPS) is 19.2. The van der Waals surface area contributed by atoms with E-state index in [2.05, 4.69) is 44.8 Å². The van der Waals surface area contributed by atoms with Crippen LogP contribution in [0.1, 0.15) is 41.2 Å². The number of nitrogens with one attached hydrogen (secondary N) is 2. The molecule has 158 valence electrons. The average Bonchev–Trinajstić information content (AvgIpc) is 3.22. The second kappa shape index (κ2) is 9.71. The van der Waals surface area contributed by atoms with Gasteiger partial charge in [-0.3, -0.25) is 9.59 Å². The Kier molecular flexibility index (Phi) is 6.59. The van der Waals surface area contributed by atoms with Crippen molar-refractivity contribution in [1.82, 2.24) is 20.5 Å². The number of amides is 2. The van der Waals surface area contributed by atoms with Gasteiger partial charge in [-0.15, -0.1) is 0 Å². The van der Waals surface area contributed by atoms with Crippen molar-refractivity contribution in [2.75, 3.05) is 44.2 Å². The van der Waals surface area contributed by atoms with Gasteiger partial charge in [-0.05, 0) is 30.5 Å². The van der Waals surface area contributed by atoms with E-state index in [1.165, 1.54) is 5.56 Å². The molecule has 1 aromatic carbocycles. The SMILES string of the molecule is O=C(NCCCN1CCCC1=O)c1ccnc(N2CCNC(c3ccccc3)C2)c1. The van der Waals surface area contributed by atoms with Crippen molar-refractivity contribution in [2.45, 2.75) is 25.3 Å². The van der Waals surface area contributed by atoms with Crippen LogP contribution in [0, 0.1) is 0 Å². The van der Waals surface area contributed by atoms with E-state index >= 15 is 0 Å². The van der Waals surface area contributed by atoms with E-state index in [9.17, 15) is 9.59 Å². The lowest BCUT2D eigenvalue weighted by atomic mass is 10.0. The molecule has 0 bridgehead atoms. The van der Waals surface area contributed by atoms with Gasteiger partial charge in [-0.1, -0.05) is 30.3 Å². The third kappa shape index (κ3) is 4.97. The molecule has 0 spiro atoms. The molecule has 7 nitrogen and oxygen atoms in total. The van der Waals surface area contributed by atoms with Crippen LogP contribution < -0.4 is 15.5 Å². The van der Waals surface area contributed by atoms with Gasteiger partial charge in [0.15, 0.2) is 0 Å². The number of anilines is 1. The van der Waals surface area contributed by atoms with Crippen LogP contribution in [0.15, 0.2) is 48.7 Å². The lowest BCUT2D eigenvalue weighted by Gasteiger charge is -2.34. The van der Waals surface area contributed by atoms with Gasteiger partial charge in [0.2, 0.25) is 5.91 Å². The Morgan fingerprint density at radius 1 is 1.20 bits per heavy atom. The van der Waals surface area contributed by atoms with E-state index in [0.29, 0.717) is 25.1 Å². The fourth-order valence-electron chi connectivity index (χ4n) is 4.11. The summed E-state index contributed by atoms with van der Waals surface area (Å²) in [6.07, 6.45) is 4.07. The molecule has 1 aromatic heterocycles. The first kappa shape index (κ1) is 20.3. The Morgan fingerprint density at radius 2 is 2.07 bits per heavy atom. The fraction of sp³-hybridized carbons (Fsp3) is 0.435. The summed E-state index contributed by atoms with van der Waals surface area (Å²) in [7, 11) is 0. The summed E-state index contributed by atoms with van der Waals surface area (Å²) in [5, 5.41) is 6.52. The molecule has 4 rings (SSSR count). The zero-order chi connectivity index (χ0) is 20.8. The maximum absolute atomic E-state index is 12.6. The Labute approximate surface area is 177 Å². The maximum Gasteiger partial charge on any atom is 0.251 e. The highest BCUT2D eigenvalue weighted by Gasteiger charge is 2.22. The molecule has 2 aromatic rings. The first-order valence-corrected chi connectivity index (χ1v) is 10.8. The van der Waals surface area contributed by atoms with Crippen molar-refractivity contribution in [1.29, 1.82) is 0 Å². The summed E-state index contributed by atoms with van der Waals surface area (Å²) in [5.74, 6) is 0.957. The third-order valence-electron chi connectivity index (χ3n) is 5.77. The molecule has 1 atom stereocenters. The molecule has 2 fully saturated rings. The second-order valence-electron chi connectivity index (χ2n) is 7.86. The van der Waals surface area contributed by atoms with Crippen LogP contribution in [0.2, 0.25) is 0 Å². The van der Waals surface area contributed by atoms with Crippen LogP contribution in [-0.2, 0) is 4.79 Å². The lowest BCUT2D eigenvalue weighted by Crippen LogP contribution is -2.46. The highest BCUT2D eigenvalue weighted by atomic mass is 16.2. The highest BCUT2D eigenvalue weighted by molar-refractivity contribution is 5.94. The average molecular weight is 408 g/mol. The number of nitrogens with zero attached hydrogens (tertiary/aromatic N) is 3. The van der Waals surface area contributed by atoms with Crippen molar-refractivity contribution in [2.24, 2.45) is 0 Å². The molecule has 30 heavy (non-hydrogen) atoms. The number of piperazine rings is 1. The minimum Gasteiger partial charge on any atom is -0.353 e. The number of pyridine rings is 1. The standard InChI is InChI=1S/C23H29N5O2/c29-22-8-4-13-27(22)14-5-10-26-23(30)19-9-11-25-21(16-19)28-15-12-24-20(17-28)18-6-2-1-3-7-18/h1-3,6-7,9,11,16,20,24H,4-5,8,10,12-15,17H2,(H,26,30). The molecule has 2 aliphatic rings. The summed E-state index contributed by atoms with van der Waals surface area (Å²) in [5.41, 5.74) is 1.87. The zero-order valence-electron chi connectivity index (χ0n) is 17.2. The Bertz CT molecular complexity index is 873. The lowest BCUT2D eigenvalue weighted by molar-refractivity contribution is -0.127. The van der Waals surface area contributed by atoms with Gasteiger partial charge in [0, 0.05) is 63.5 Å². The van der Waals surface area contributed by atoms with Gasteiger partial charge in [0.05, 0.1) is 0 Å². The van der Waals surface area contributed by atoms with E-state index in [0.717, 1.165) is 44.8 Å². The van der Waals surface area contributed by atoms with Crippen LogP contribution in [0.25, 0.3) is 0 Å². The van der Waals surface area contributed by atoms with Crippen molar-refractivity contribution >= 4 is 17.6 Å². The van der Waals surface area contributed by atoms with Gasteiger partial charge in [0.25, 0.3) is 5.91 Å². The number of likely N-dealkylation sites (tertiary alicyclic amines) is 1. The molecule has 2 amide bonds. The Morgan fingerprint density at radius 3 is 2.87 bits per heavy atom. The number of hydrogen-bond donors (Lipinski definition) is 2. The molecule has 2 aliphatic heterocycles. The summed E-state index contributed by atoms with van der Waals surface area (Å²) < 4.78 is 0. The molecule has 1 unspecified atom stereocenters. The van der Waals surface area contributed by atoms with Crippen LogP contribution in [0.3, 0.4) is 0 Å². The fourth-order valence-corrected chi connectivity index (χ4v) is 4.11. The van der Waals surface area contributed by atoms with E-state index in [4.69, 9.17) is 0 Å². The molecule has 2 saturated heterocycles. The Balaban J connectivity index is 1.31. The van der Waals surface area contributed by atoms with Crippen LogP contribution in [0.5, 0.6) is 0 Å². The van der Waals surface area contributed by atoms with Gasteiger partial charge < -0.3 is 20.4 Å². The predicted molar refractivity (Wildman–Crippen MR) is 116 cm³/mol. The number of benzene rings is 1. The molecule has 0 radical (unpaired) electrons. The summed E-state index contributed by atoms with van der Waals surface area (Å²) in [4.78, 5) is 32.8. The molecule has 2 N–H and O–H groups in total. The second-order valence-corrected chi connectivity index (χ2v) is 7.86. The van der Waals surface area contributed by atoms with Gasteiger partial charge in [-0.2, -0.15) is 0 Å². The molecule has 0 saturated carbocycles. The summed E-state index contributed by atoms with van der Waals surface area (Å²) in [6, 6.07) is 14.3. The monoisotopic (exact) mass is 407 g/mol.